The van der Waals surface area contributed by atoms with Gasteiger partial charge in [0.15, 0.2) is 17.5 Å². The fourth-order valence-corrected chi connectivity index (χ4v) is 2.75. The van der Waals surface area contributed by atoms with Gasteiger partial charge in [-0.3, -0.25) is 9.98 Å². The second kappa shape index (κ2) is 10.4. The molecule has 27 heavy (non-hydrogen) atoms. The topological polar surface area (TPSA) is 71.0 Å². The lowest BCUT2D eigenvalue weighted by Gasteiger charge is -2.26. The second-order valence-electron chi connectivity index (χ2n) is 6.22. The number of guanidine groups is 1. The Morgan fingerprint density at radius 1 is 1.11 bits per heavy atom. The van der Waals surface area contributed by atoms with Gasteiger partial charge in [-0.2, -0.15) is 0 Å². The third-order valence-electron chi connectivity index (χ3n) is 4.27. The summed E-state index contributed by atoms with van der Waals surface area (Å²) in [6.07, 6.45) is 1.78. The van der Waals surface area contributed by atoms with E-state index in [1.807, 2.05) is 44.4 Å². The maximum atomic E-state index is 5.43. The van der Waals surface area contributed by atoms with E-state index < -0.39 is 0 Å². The van der Waals surface area contributed by atoms with Crippen LogP contribution in [0.3, 0.4) is 0 Å². The van der Waals surface area contributed by atoms with E-state index in [2.05, 4.69) is 31.6 Å². The van der Waals surface area contributed by atoms with Crippen molar-refractivity contribution < 1.29 is 9.47 Å². The molecule has 0 saturated heterocycles. The molecule has 1 heterocycles. The van der Waals surface area contributed by atoms with Crippen LogP contribution in [-0.2, 0) is 6.54 Å². The molecule has 0 amide bonds. The lowest BCUT2D eigenvalue weighted by molar-refractivity contribution is 0.295. The molecule has 7 nitrogen and oxygen atoms in total. The van der Waals surface area contributed by atoms with Gasteiger partial charge < -0.3 is 25.0 Å². The molecule has 1 aromatic carbocycles. The quantitative estimate of drug-likeness (QED) is 0.547. The normalized spacial score (nSPS) is 12.6. The number of methoxy groups -OCH3 is 2. The molecule has 1 atom stereocenters. The molecular weight excluding hydrogens is 342 g/mol. The van der Waals surface area contributed by atoms with Gasteiger partial charge in [0.25, 0.3) is 0 Å². The lowest BCUT2D eigenvalue weighted by atomic mass is 10.1. The number of likely N-dealkylation sites (N-methyl/N-ethyl adjacent to an activating group) is 1. The van der Waals surface area contributed by atoms with Crippen molar-refractivity contribution in [2.24, 2.45) is 4.99 Å². The largest absolute Gasteiger partial charge is 0.493 e. The van der Waals surface area contributed by atoms with Gasteiger partial charge in [-0.15, -0.1) is 0 Å². The van der Waals surface area contributed by atoms with Crippen molar-refractivity contribution in [2.75, 3.05) is 41.9 Å². The van der Waals surface area contributed by atoms with Gasteiger partial charge in [0, 0.05) is 19.8 Å². The van der Waals surface area contributed by atoms with Crippen LogP contribution in [0.2, 0.25) is 0 Å². The summed E-state index contributed by atoms with van der Waals surface area (Å²) in [5, 5.41) is 6.67. The number of nitrogens with zero attached hydrogens (tertiary/aromatic N) is 3. The Morgan fingerprint density at radius 2 is 1.89 bits per heavy atom. The molecule has 2 aromatic rings. The van der Waals surface area contributed by atoms with Crippen molar-refractivity contribution in [2.45, 2.75) is 12.6 Å². The van der Waals surface area contributed by atoms with Crippen LogP contribution in [0, 0.1) is 0 Å². The molecule has 0 aliphatic heterocycles. The van der Waals surface area contributed by atoms with E-state index in [0.717, 1.165) is 28.7 Å². The Bertz CT molecular complexity index is 734. The van der Waals surface area contributed by atoms with Gasteiger partial charge in [0.2, 0.25) is 0 Å². The first-order valence-electron chi connectivity index (χ1n) is 8.81. The van der Waals surface area contributed by atoms with Crippen LogP contribution in [0.5, 0.6) is 11.5 Å². The summed E-state index contributed by atoms with van der Waals surface area (Å²) in [4.78, 5) is 10.8. The van der Waals surface area contributed by atoms with E-state index in [-0.39, 0.29) is 6.04 Å². The van der Waals surface area contributed by atoms with Gasteiger partial charge in [-0.05, 0) is 43.9 Å². The molecule has 1 unspecified atom stereocenters. The van der Waals surface area contributed by atoms with Crippen molar-refractivity contribution in [1.29, 1.82) is 0 Å². The maximum Gasteiger partial charge on any atom is 0.191 e. The molecule has 0 fully saturated rings. The van der Waals surface area contributed by atoms with E-state index in [0.29, 0.717) is 13.1 Å². The summed E-state index contributed by atoms with van der Waals surface area (Å²) in [5.74, 6) is 2.17. The molecule has 0 bridgehead atoms. The van der Waals surface area contributed by atoms with Crippen LogP contribution in [0.25, 0.3) is 0 Å². The van der Waals surface area contributed by atoms with Crippen LogP contribution in [0.4, 0.5) is 0 Å². The van der Waals surface area contributed by atoms with E-state index in [1.165, 1.54) is 0 Å². The first-order valence-corrected chi connectivity index (χ1v) is 8.81. The number of nitrogens with one attached hydrogen (secondary N) is 2. The van der Waals surface area contributed by atoms with E-state index >= 15 is 0 Å². The zero-order valence-electron chi connectivity index (χ0n) is 16.7. The maximum absolute atomic E-state index is 5.43. The molecule has 0 spiro atoms. The minimum atomic E-state index is 0.137. The third kappa shape index (κ3) is 5.86. The fraction of sp³-hybridized carbons (Fsp3) is 0.400. The number of rotatable bonds is 8. The number of hydrogen-bond acceptors (Lipinski definition) is 5. The molecule has 2 rings (SSSR count). The average molecular weight is 371 g/mol. The number of pyridine rings is 1. The summed E-state index contributed by atoms with van der Waals surface area (Å²) in [6, 6.07) is 12.0. The third-order valence-corrected chi connectivity index (χ3v) is 4.27. The molecule has 0 radical (unpaired) electrons. The molecule has 2 N–H and O–H groups in total. The standard InChI is InChI=1S/C20H29N5O2/c1-21-20(23-13-16-8-6-7-11-22-16)24-14-17(25(2)3)15-9-10-18(26-4)19(12-15)27-5/h6-12,17H,13-14H2,1-5H3,(H2,21,23,24). The van der Waals surface area contributed by atoms with Crippen molar-refractivity contribution >= 4 is 5.96 Å². The minimum absolute atomic E-state index is 0.137. The molecular formula is C20H29N5O2. The van der Waals surface area contributed by atoms with Crippen LogP contribution < -0.4 is 20.1 Å². The fourth-order valence-electron chi connectivity index (χ4n) is 2.75. The summed E-state index contributed by atoms with van der Waals surface area (Å²) in [5.41, 5.74) is 2.09. The van der Waals surface area contributed by atoms with E-state index in [4.69, 9.17) is 9.47 Å². The van der Waals surface area contributed by atoms with Crippen molar-refractivity contribution in [3.63, 3.8) is 0 Å². The Kier molecular flexibility index (Phi) is 7.88. The summed E-state index contributed by atoms with van der Waals surface area (Å²) in [7, 11) is 9.14. The van der Waals surface area contributed by atoms with Crippen molar-refractivity contribution in [3.8, 4) is 11.5 Å². The number of benzene rings is 1. The van der Waals surface area contributed by atoms with E-state index in [1.54, 1.807) is 27.5 Å². The van der Waals surface area contributed by atoms with Crippen LogP contribution in [-0.4, -0.2) is 57.8 Å². The molecule has 0 aliphatic carbocycles. The van der Waals surface area contributed by atoms with Crippen LogP contribution in [0.1, 0.15) is 17.3 Å². The van der Waals surface area contributed by atoms with E-state index in [9.17, 15) is 0 Å². The summed E-state index contributed by atoms with van der Waals surface area (Å²) in [6.45, 7) is 1.30. The molecule has 0 aliphatic rings. The Hall–Kier alpha value is -2.80. The number of aromatic nitrogens is 1. The van der Waals surface area contributed by atoms with Crippen molar-refractivity contribution in [3.05, 3.63) is 53.9 Å². The van der Waals surface area contributed by atoms with Crippen LogP contribution >= 0.6 is 0 Å². The van der Waals surface area contributed by atoms with Crippen LogP contribution in [0.15, 0.2) is 47.6 Å². The zero-order valence-corrected chi connectivity index (χ0v) is 16.7. The first-order chi connectivity index (χ1) is 13.1. The molecule has 1 aromatic heterocycles. The van der Waals surface area contributed by atoms with Gasteiger partial charge in [-0.25, -0.2) is 0 Å². The monoisotopic (exact) mass is 371 g/mol. The lowest BCUT2D eigenvalue weighted by Crippen LogP contribution is -2.41. The highest BCUT2D eigenvalue weighted by Crippen LogP contribution is 2.31. The highest BCUT2D eigenvalue weighted by atomic mass is 16.5. The summed E-state index contributed by atoms with van der Waals surface area (Å²) >= 11 is 0. The van der Waals surface area contributed by atoms with Gasteiger partial charge in [-0.1, -0.05) is 12.1 Å². The SMILES string of the molecule is CN=C(NCc1ccccn1)NCC(c1ccc(OC)c(OC)c1)N(C)C. The van der Waals surface area contributed by atoms with Gasteiger partial charge in [0.05, 0.1) is 32.5 Å². The summed E-state index contributed by atoms with van der Waals surface area (Å²) < 4.78 is 10.8. The van der Waals surface area contributed by atoms with Gasteiger partial charge in [0.1, 0.15) is 0 Å². The van der Waals surface area contributed by atoms with Gasteiger partial charge >= 0.3 is 0 Å². The zero-order chi connectivity index (χ0) is 19.6. The number of ether oxygens (including phenoxy) is 2. The predicted molar refractivity (Wildman–Crippen MR) is 108 cm³/mol. The Morgan fingerprint density at radius 3 is 2.48 bits per heavy atom. The number of aliphatic imine (C=N–C) groups is 1. The minimum Gasteiger partial charge on any atom is -0.493 e. The highest BCUT2D eigenvalue weighted by molar-refractivity contribution is 5.79. The molecule has 146 valence electrons. The Balaban J connectivity index is 2.03. The molecule has 7 heteroatoms. The second-order valence-corrected chi connectivity index (χ2v) is 6.22. The highest BCUT2D eigenvalue weighted by Gasteiger charge is 2.17. The predicted octanol–water partition coefficient (Wildman–Crippen LogP) is 2.07. The average Bonchev–Trinajstić information content (AvgIpc) is 2.70. The first kappa shape index (κ1) is 20.5. The van der Waals surface area contributed by atoms with Crippen molar-refractivity contribution in [1.82, 2.24) is 20.5 Å². The number of hydrogen-bond donors (Lipinski definition) is 2. The smallest absolute Gasteiger partial charge is 0.191 e. The Labute approximate surface area is 161 Å². The molecule has 0 saturated carbocycles.